The minimum Gasteiger partial charge on any atom is -0.478 e. The number of aliphatic carboxylic acids is 1. The second kappa shape index (κ2) is 6.36. The van der Waals surface area contributed by atoms with E-state index in [2.05, 4.69) is 9.97 Å². The molecule has 2 aromatic rings. The quantitative estimate of drug-likeness (QED) is 0.872. The van der Waals surface area contributed by atoms with Crippen molar-refractivity contribution >= 4 is 35.2 Å². The van der Waals surface area contributed by atoms with Gasteiger partial charge in [0.15, 0.2) is 0 Å². The first-order valence-corrected chi connectivity index (χ1v) is 6.16. The van der Waals surface area contributed by atoms with Crippen LogP contribution in [-0.2, 0) is 4.79 Å². The smallest absolute Gasteiger partial charge is 0.328 e. The summed E-state index contributed by atoms with van der Waals surface area (Å²) in [5, 5.41) is 9.34. The highest BCUT2D eigenvalue weighted by atomic mass is 35.5. The van der Waals surface area contributed by atoms with E-state index in [0.717, 1.165) is 6.08 Å². The molecule has 1 aromatic heterocycles. The second-order valence-electron chi connectivity index (χ2n) is 3.65. The van der Waals surface area contributed by atoms with Crippen molar-refractivity contribution in [3.05, 3.63) is 52.3 Å². The number of ether oxygens (including phenoxy) is 1. The van der Waals surface area contributed by atoms with E-state index >= 15 is 0 Å². The average molecular weight is 311 g/mol. The summed E-state index contributed by atoms with van der Waals surface area (Å²) in [4.78, 5) is 18.3. The highest BCUT2D eigenvalue weighted by Crippen LogP contribution is 2.30. The third-order valence-corrected chi connectivity index (χ3v) is 2.69. The van der Waals surface area contributed by atoms with E-state index in [1.165, 1.54) is 18.5 Å². The Labute approximate surface area is 124 Å². The molecule has 1 N–H and O–H groups in total. The highest BCUT2D eigenvalue weighted by molar-refractivity contribution is 6.35. The van der Waals surface area contributed by atoms with Gasteiger partial charge in [-0.05, 0) is 24.3 Å². The molecule has 20 heavy (non-hydrogen) atoms. The van der Waals surface area contributed by atoms with Crippen LogP contribution in [0.5, 0.6) is 11.8 Å². The lowest BCUT2D eigenvalue weighted by Crippen LogP contribution is -1.93. The molecule has 1 heterocycles. The molecule has 0 saturated heterocycles. The lowest BCUT2D eigenvalue weighted by molar-refractivity contribution is -0.131. The molecule has 0 radical (unpaired) electrons. The Morgan fingerprint density at radius 2 is 1.95 bits per heavy atom. The Morgan fingerprint density at radius 1 is 1.25 bits per heavy atom. The number of carbonyl (C=O) groups is 1. The van der Waals surface area contributed by atoms with Crippen molar-refractivity contribution in [2.24, 2.45) is 0 Å². The fourth-order valence-electron chi connectivity index (χ4n) is 1.29. The molecule has 0 saturated carbocycles. The summed E-state index contributed by atoms with van der Waals surface area (Å²) < 4.78 is 5.39. The van der Waals surface area contributed by atoms with Gasteiger partial charge in [0.05, 0.1) is 5.02 Å². The molecule has 5 nitrogen and oxygen atoms in total. The van der Waals surface area contributed by atoms with Gasteiger partial charge in [0.25, 0.3) is 0 Å². The Morgan fingerprint density at radius 3 is 2.55 bits per heavy atom. The van der Waals surface area contributed by atoms with Gasteiger partial charge in [-0.25, -0.2) is 14.8 Å². The molecule has 0 aliphatic heterocycles. The maximum absolute atomic E-state index is 10.4. The number of carboxylic acid groups (broad SMARTS) is 1. The van der Waals surface area contributed by atoms with Gasteiger partial charge in [-0.15, -0.1) is 0 Å². The van der Waals surface area contributed by atoms with E-state index < -0.39 is 5.97 Å². The lowest BCUT2D eigenvalue weighted by atomic mass is 10.3. The van der Waals surface area contributed by atoms with E-state index in [-0.39, 0.29) is 6.01 Å². The number of halogens is 2. The Balaban J connectivity index is 2.12. The fraction of sp³-hybridized carbons (Fsp3) is 0. The Kier molecular flexibility index (Phi) is 4.55. The van der Waals surface area contributed by atoms with E-state index in [9.17, 15) is 4.79 Å². The largest absolute Gasteiger partial charge is 0.478 e. The number of carboxylic acids is 1. The molecule has 0 aliphatic carbocycles. The van der Waals surface area contributed by atoms with E-state index in [1.807, 2.05) is 0 Å². The van der Waals surface area contributed by atoms with Gasteiger partial charge < -0.3 is 9.84 Å². The number of rotatable bonds is 4. The van der Waals surface area contributed by atoms with Gasteiger partial charge >= 0.3 is 12.0 Å². The van der Waals surface area contributed by atoms with Crippen LogP contribution in [0.15, 0.2) is 36.7 Å². The van der Waals surface area contributed by atoms with Gasteiger partial charge in [-0.2, -0.15) is 0 Å². The van der Waals surface area contributed by atoms with Gasteiger partial charge in [0, 0.05) is 29.1 Å². The van der Waals surface area contributed by atoms with Crippen LogP contribution in [0.4, 0.5) is 0 Å². The van der Waals surface area contributed by atoms with E-state index in [1.54, 1.807) is 18.2 Å². The topological polar surface area (TPSA) is 72.3 Å². The summed E-state index contributed by atoms with van der Waals surface area (Å²) in [6, 6.07) is 4.88. The zero-order valence-electron chi connectivity index (χ0n) is 9.96. The maximum Gasteiger partial charge on any atom is 0.328 e. The fourth-order valence-corrected chi connectivity index (χ4v) is 1.74. The van der Waals surface area contributed by atoms with Gasteiger partial charge in [0.2, 0.25) is 0 Å². The van der Waals surface area contributed by atoms with Gasteiger partial charge in [0.1, 0.15) is 5.75 Å². The predicted molar refractivity (Wildman–Crippen MR) is 75.2 cm³/mol. The normalized spacial score (nSPS) is 10.7. The van der Waals surface area contributed by atoms with Gasteiger partial charge in [-0.1, -0.05) is 23.2 Å². The molecule has 7 heteroatoms. The number of nitrogens with zero attached hydrogens (tertiary/aromatic N) is 2. The van der Waals surface area contributed by atoms with Crippen molar-refractivity contribution in [1.29, 1.82) is 0 Å². The molecule has 0 fully saturated rings. The van der Waals surface area contributed by atoms with E-state index in [0.29, 0.717) is 21.4 Å². The first-order chi connectivity index (χ1) is 9.54. The van der Waals surface area contributed by atoms with Crippen molar-refractivity contribution in [2.75, 3.05) is 0 Å². The van der Waals surface area contributed by atoms with Crippen LogP contribution in [0.2, 0.25) is 10.0 Å². The van der Waals surface area contributed by atoms with E-state index in [4.69, 9.17) is 33.0 Å². The maximum atomic E-state index is 10.4. The van der Waals surface area contributed by atoms with Crippen molar-refractivity contribution in [3.63, 3.8) is 0 Å². The van der Waals surface area contributed by atoms with Crippen molar-refractivity contribution < 1.29 is 14.6 Å². The summed E-state index contributed by atoms with van der Waals surface area (Å²) in [5.74, 6) is -0.664. The molecule has 0 atom stereocenters. The van der Waals surface area contributed by atoms with Crippen molar-refractivity contribution in [1.82, 2.24) is 9.97 Å². The minimum atomic E-state index is -1.04. The number of hydrogen-bond donors (Lipinski definition) is 1. The predicted octanol–water partition coefficient (Wildman–Crippen LogP) is 3.67. The summed E-state index contributed by atoms with van der Waals surface area (Å²) in [6.45, 7) is 0. The molecule has 0 bridgehead atoms. The summed E-state index contributed by atoms with van der Waals surface area (Å²) in [7, 11) is 0. The van der Waals surface area contributed by atoms with Crippen LogP contribution >= 0.6 is 23.2 Å². The number of aromatic nitrogens is 2. The molecule has 102 valence electrons. The third kappa shape index (κ3) is 3.94. The average Bonchev–Trinajstić information content (AvgIpc) is 2.41. The third-order valence-electron chi connectivity index (χ3n) is 2.16. The number of benzene rings is 1. The zero-order chi connectivity index (χ0) is 14.5. The van der Waals surface area contributed by atoms with Crippen LogP contribution in [0.25, 0.3) is 6.08 Å². The zero-order valence-corrected chi connectivity index (χ0v) is 11.5. The molecule has 0 unspecified atom stereocenters. The highest BCUT2D eigenvalue weighted by Gasteiger charge is 2.05. The SMILES string of the molecule is O=C(O)/C=C/c1cnc(Oc2ccc(Cl)cc2Cl)nc1. The second-order valence-corrected chi connectivity index (χ2v) is 4.49. The molecule has 0 amide bonds. The molecule has 1 aromatic carbocycles. The standard InChI is InChI=1S/C13H8Cl2N2O3/c14-9-2-3-11(10(15)5-9)20-13-16-6-8(7-17-13)1-4-12(18)19/h1-7H,(H,18,19)/b4-1+. The first-order valence-electron chi connectivity index (χ1n) is 5.40. The van der Waals surface area contributed by atoms with Crippen LogP contribution in [0.3, 0.4) is 0 Å². The van der Waals surface area contributed by atoms with Crippen LogP contribution in [0.1, 0.15) is 5.56 Å². The van der Waals surface area contributed by atoms with Crippen molar-refractivity contribution in [3.8, 4) is 11.8 Å². The summed E-state index contributed by atoms with van der Waals surface area (Å²) in [6.07, 6.45) is 5.24. The Hall–Kier alpha value is -2.11. The molecule has 0 aliphatic rings. The molecular formula is C13H8Cl2N2O3. The summed E-state index contributed by atoms with van der Waals surface area (Å²) in [5.41, 5.74) is 0.543. The van der Waals surface area contributed by atoms with Crippen molar-refractivity contribution in [2.45, 2.75) is 0 Å². The number of hydrogen-bond acceptors (Lipinski definition) is 4. The minimum absolute atomic E-state index is 0.0988. The lowest BCUT2D eigenvalue weighted by Gasteiger charge is -2.05. The van der Waals surface area contributed by atoms with Crippen LogP contribution < -0.4 is 4.74 Å². The first kappa shape index (κ1) is 14.3. The van der Waals surface area contributed by atoms with Gasteiger partial charge in [-0.3, -0.25) is 0 Å². The summed E-state index contributed by atoms with van der Waals surface area (Å²) >= 11 is 11.7. The Bertz CT molecular complexity index is 657. The molecule has 2 rings (SSSR count). The monoisotopic (exact) mass is 310 g/mol. The van der Waals surface area contributed by atoms with Crippen LogP contribution in [-0.4, -0.2) is 21.0 Å². The molecule has 0 spiro atoms. The van der Waals surface area contributed by atoms with Crippen LogP contribution in [0, 0.1) is 0 Å². The molecular weight excluding hydrogens is 303 g/mol.